The Hall–Kier alpha value is -3.95. The maximum absolute atomic E-state index is 14.1. The van der Waals surface area contributed by atoms with Crippen molar-refractivity contribution in [3.8, 4) is 40.1 Å². The molecule has 0 aliphatic carbocycles. The Morgan fingerprint density at radius 2 is 1.05 bits per heavy atom. The van der Waals surface area contributed by atoms with Crippen LogP contribution >= 0.6 is 0 Å². The summed E-state index contributed by atoms with van der Waals surface area (Å²) in [5.41, 5.74) is -1.51. The first kappa shape index (κ1) is 41.7. The molecular weight excluding hydrogens is 760 g/mol. The molecule has 0 radical (unpaired) electrons. The second kappa shape index (κ2) is 16.9. The van der Waals surface area contributed by atoms with Crippen molar-refractivity contribution in [2.75, 3.05) is 26.9 Å². The number of rotatable bonds is 11. The third kappa shape index (κ3) is 7.70. The number of aliphatic hydroxyl groups excluding tert-OH is 12. The zero-order valence-electron chi connectivity index (χ0n) is 29.2. The smallest absolute Gasteiger partial charge is 0.239 e. The fraction of sp³-hybridized carbons (Fsp3) is 0.559. The molecule has 15 atom stereocenters. The number of aromatic hydroxyl groups is 1. The van der Waals surface area contributed by atoms with Crippen LogP contribution in [0, 0.1) is 0 Å². The molecule has 56 heavy (non-hydrogen) atoms. The van der Waals surface area contributed by atoms with Gasteiger partial charge in [0, 0.05) is 17.7 Å². The molecule has 3 fully saturated rings. The number of hydrogen-bond acceptors (Lipinski definition) is 22. The molecule has 8 unspecified atom stereocenters. The molecule has 0 saturated carbocycles. The third-order valence-corrected chi connectivity index (χ3v) is 9.61. The zero-order chi connectivity index (χ0) is 40.7. The van der Waals surface area contributed by atoms with Crippen molar-refractivity contribution in [1.82, 2.24) is 0 Å². The summed E-state index contributed by atoms with van der Waals surface area (Å²) in [7, 11) is 1.27. The second-order valence-electron chi connectivity index (χ2n) is 13.2. The standard InChI is InChI=1S/C34H42O22/c1-49-11-5-12(38)19-15(6-11)50-30(31(23(19)42)56-34-29(48)26(45)22(41)18(9-37)55-34)10-2-3-13(51-32-27(46)24(43)20(39)16(7-35)53-32)14(4-10)52-33-28(47)25(44)21(40)17(8-36)54-33/h2-6,16-18,20-22,24-29,32-41,43-48H,7-9H2,1H3/t16?,17?,18?,20-,21-,22-,24?,25+,26?,27?,28?,29?,32-,33-,34+/m1/s1. The van der Waals surface area contributed by atoms with Crippen molar-refractivity contribution in [3.05, 3.63) is 40.6 Å². The van der Waals surface area contributed by atoms with Gasteiger partial charge in [-0.1, -0.05) is 0 Å². The third-order valence-electron chi connectivity index (χ3n) is 9.61. The second-order valence-corrected chi connectivity index (χ2v) is 13.2. The van der Waals surface area contributed by atoms with Crippen LogP contribution < -0.4 is 24.4 Å². The molecule has 310 valence electrons. The molecule has 3 aliphatic rings. The highest BCUT2D eigenvalue weighted by Gasteiger charge is 2.48. The highest BCUT2D eigenvalue weighted by Crippen LogP contribution is 2.42. The molecule has 0 amide bonds. The molecule has 3 saturated heterocycles. The van der Waals surface area contributed by atoms with Gasteiger partial charge in [0.15, 0.2) is 17.3 Å². The topological polar surface area (TPSA) is 358 Å². The highest BCUT2D eigenvalue weighted by atomic mass is 16.7. The van der Waals surface area contributed by atoms with Crippen LogP contribution in [0.3, 0.4) is 0 Å². The SMILES string of the molecule is COc1cc(O)c2c(=O)c(O[C@@H]3OC(CO)[C@@H](O)C(O)C3O)c(-c3ccc(O[C@@H]4OC(CO)[C@@H](O)C(O)C4O)c(O[C@@H]4OC(CO)[C@@H](O)[C@H](O)C4O)c3)oc2c1. The van der Waals surface area contributed by atoms with E-state index in [4.69, 9.17) is 37.6 Å². The summed E-state index contributed by atoms with van der Waals surface area (Å²) >= 11 is 0. The number of ether oxygens (including phenoxy) is 7. The summed E-state index contributed by atoms with van der Waals surface area (Å²) in [4.78, 5) is 14.1. The van der Waals surface area contributed by atoms with Crippen molar-refractivity contribution in [1.29, 1.82) is 0 Å². The van der Waals surface area contributed by atoms with Gasteiger partial charge in [-0.25, -0.2) is 0 Å². The Balaban J connectivity index is 1.50. The minimum atomic E-state index is -2.01. The van der Waals surface area contributed by atoms with Gasteiger partial charge >= 0.3 is 0 Å². The predicted octanol–water partition coefficient (Wildman–Crippen LogP) is -5.29. The number of fused-ring (bicyclic) bond motifs is 1. The lowest BCUT2D eigenvalue weighted by atomic mass is 9.99. The highest BCUT2D eigenvalue weighted by molar-refractivity contribution is 5.88. The minimum Gasteiger partial charge on any atom is -0.507 e. The van der Waals surface area contributed by atoms with Gasteiger partial charge in [-0.3, -0.25) is 4.79 Å². The largest absolute Gasteiger partial charge is 0.507 e. The van der Waals surface area contributed by atoms with Crippen LogP contribution in [-0.2, 0) is 14.2 Å². The van der Waals surface area contributed by atoms with Gasteiger partial charge in [-0.05, 0) is 18.2 Å². The number of hydrogen-bond donors (Lipinski definition) is 13. The zero-order valence-corrected chi connectivity index (χ0v) is 29.2. The molecule has 22 nitrogen and oxygen atoms in total. The molecule has 1 aromatic heterocycles. The van der Waals surface area contributed by atoms with Crippen LogP contribution in [0.4, 0.5) is 0 Å². The fourth-order valence-corrected chi connectivity index (χ4v) is 6.37. The number of aliphatic hydroxyl groups is 12. The van der Waals surface area contributed by atoms with Gasteiger partial charge in [0.2, 0.25) is 30.0 Å². The first-order valence-electron chi connectivity index (χ1n) is 17.1. The van der Waals surface area contributed by atoms with Crippen molar-refractivity contribution < 1.29 is 104 Å². The molecule has 3 aromatic rings. The Bertz CT molecular complexity index is 1880. The van der Waals surface area contributed by atoms with Crippen LogP contribution in [0.15, 0.2) is 39.5 Å². The van der Waals surface area contributed by atoms with Gasteiger partial charge < -0.3 is 104 Å². The van der Waals surface area contributed by atoms with Crippen molar-refractivity contribution in [2.45, 2.75) is 92.1 Å². The van der Waals surface area contributed by atoms with Crippen LogP contribution in [0.2, 0.25) is 0 Å². The lowest BCUT2D eigenvalue weighted by molar-refractivity contribution is -0.282. The van der Waals surface area contributed by atoms with Crippen LogP contribution in [0.1, 0.15) is 0 Å². The van der Waals surface area contributed by atoms with Gasteiger partial charge in [-0.15, -0.1) is 0 Å². The Labute approximate surface area is 314 Å². The quantitative estimate of drug-likeness (QED) is 0.0861. The normalized spacial score (nSPS) is 36.3. The van der Waals surface area contributed by atoms with E-state index in [2.05, 4.69) is 0 Å². The number of phenols is 1. The Morgan fingerprint density at radius 1 is 0.589 bits per heavy atom. The molecule has 4 heterocycles. The lowest BCUT2D eigenvalue weighted by Crippen LogP contribution is -2.60. The summed E-state index contributed by atoms with van der Waals surface area (Å²) < 4.78 is 45.0. The van der Waals surface area contributed by atoms with Crippen LogP contribution in [0.5, 0.6) is 28.7 Å². The number of methoxy groups -OCH3 is 1. The molecule has 22 heteroatoms. The van der Waals surface area contributed by atoms with Gasteiger partial charge in [-0.2, -0.15) is 0 Å². The first-order valence-corrected chi connectivity index (χ1v) is 17.1. The number of phenolic OH excluding ortho intramolecular Hbond substituents is 1. The van der Waals surface area contributed by atoms with Gasteiger partial charge in [0.25, 0.3) is 0 Å². The van der Waals surface area contributed by atoms with E-state index in [0.29, 0.717) is 0 Å². The van der Waals surface area contributed by atoms with E-state index in [-0.39, 0.29) is 22.6 Å². The summed E-state index contributed by atoms with van der Waals surface area (Å²) in [6.07, 6.45) is -26.9. The number of benzene rings is 2. The molecule has 3 aliphatic heterocycles. The Morgan fingerprint density at radius 3 is 1.52 bits per heavy atom. The van der Waals surface area contributed by atoms with E-state index >= 15 is 0 Å². The predicted molar refractivity (Wildman–Crippen MR) is 179 cm³/mol. The molecular formula is C34H42O22. The molecule has 2 aromatic carbocycles. The van der Waals surface area contributed by atoms with Crippen LogP contribution in [0.25, 0.3) is 22.3 Å². The summed E-state index contributed by atoms with van der Waals surface area (Å²) in [5, 5.41) is 134. The van der Waals surface area contributed by atoms with Crippen molar-refractivity contribution >= 4 is 11.0 Å². The fourth-order valence-electron chi connectivity index (χ4n) is 6.37. The van der Waals surface area contributed by atoms with E-state index < -0.39 is 146 Å². The van der Waals surface area contributed by atoms with Crippen LogP contribution in [-0.4, -0.2) is 185 Å². The van der Waals surface area contributed by atoms with Gasteiger partial charge in [0.05, 0.1) is 26.9 Å². The Kier molecular flexibility index (Phi) is 12.6. The summed E-state index contributed by atoms with van der Waals surface area (Å²) in [6.45, 7) is -2.49. The van der Waals surface area contributed by atoms with E-state index in [0.717, 1.165) is 18.2 Å². The molecule has 6 rings (SSSR count). The van der Waals surface area contributed by atoms with E-state index in [1.165, 1.54) is 19.2 Å². The van der Waals surface area contributed by atoms with E-state index in [1.54, 1.807) is 0 Å². The average molecular weight is 803 g/mol. The van der Waals surface area contributed by atoms with E-state index in [9.17, 15) is 71.2 Å². The molecule has 13 N–H and O–H groups in total. The van der Waals surface area contributed by atoms with E-state index in [1.807, 2.05) is 0 Å². The molecule has 0 spiro atoms. The van der Waals surface area contributed by atoms with Gasteiger partial charge in [0.1, 0.15) is 95.7 Å². The average Bonchev–Trinajstić information content (AvgIpc) is 3.19. The summed E-state index contributed by atoms with van der Waals surface area (Å²) in [6, 6.07) is 5.74. The first-order chi connectivity index (χ1) is 26.6. The van der Waals surface area contributed by atoms with Crippen molar-refractivity contribution in [2.24, 2.45) is 0 Å². The summed E-state index contributed by atoms with van der Waals surface area (Å²) in [5.74, 6) is -2.71. The minimum absolute atomic E-state index is 0.0432. The molecule has 0 bridgehead atoms. The van der Waals surface area contributed by atoms with Crippen molar-refractivity contribution in [3.63, 3.8) is 0 Å². The maximum atomic E-state index is 14.1. The lowest BCUT2D eigenvalue weighted by Gasteiger charge is -2.41. The monoisotopic (exact) mass is 802 g/mol. The maximum Gasteiger partial charge on any atom is 0.239 e.